The number of aliphatic carboxylic acids is 1. The first kappa shape index (κ1) is 22.2. The lowest BCUT2D eigenvalue weighted by Crippen LogP contribution is -2.04. The van der Waals surface area contributed by atoms with E-state index in [1.165, 1.54) is 38.5 Å². The number of allylic oxidation sites excluding steroid dienone is 1. The highest BCUT2D eigenvalue weighted by atomic mass is 16.4. The van der Waals surface area contributed by atoms with Crippen LogP contribution in [0.5, 0.6) is 0 Å². The Bertz CT molecular complexity index is 287. The Balaban J connectivity index is 3.27. The van der Waals surface area contributed by atoms with Crippen molar-refractivity contribution >= 4 is 5.97 Å². The molecular weight excluding hydrogens is 288 g/mol. The second-order valence-electron chi connectivity index (χ2n) is 6.62. The van der Waals surface area contributed by atoms with Gasteiger partial charge in [-0.1, -0.05) is 76.9 Å². The Labute approximate surface area is 143 Å². The Morgan fingerprint density at radius 2 is 1.48 bits per heavy atom. The number of carboxylic acids is 1. The average molecular weight is 327 g/mol. The summed E-state index contributed by atoms with van der Waals surface area (Å²) >= 11 is 0. The molecule has 1 atom stereocenters. The van der Waals surface area contributed by atoms with Gasteiger partial charge in [0.1, 0.15) is 0 Å². The van der Waals surface area contributed by atoms with Crippen LogP contribution in [-0.4, -0.2) is 22.3 Å². The van der Waals surface area contributed by atoms with Gasteiger partial charge in [0.25, 0.3) is 0 Å². The topological polar surface area (TPSA) is 57.5 Å². The van der Waals surface area contributed by atoms with E-state index in [0.717, 1.165) is 51.4 Å². The van der Waals surface area contributed by atoms with Crippen LogP contribution in [0, 0.1) is 0 Å². The summed E-state index contributed by atoms with van der Waals surface area (Å²) in [6.07, 6.45) is 20.2. The zero-order chi connectivity index (χ0) is 17.2. The molecule has 0 aromatic heterocycles. The van der Waals surface area contributed by atoms with E-state index in [1.54, 1.807) is 0 Å². The average Bonchev–Trinajstić information content (AvgIpc) is 2.52. The summed E-state index contributed by atoms with van der Waals surface area (Å²) in [5.74, 6) is -0.688. The number of carbonyl (C=O) groups is 1. The normalized spacial score (nSPS) is 12.8. The standard InChI is InChI=1S/C20H38O3/c1-2-3-4-5-10-13-16-19(21)17-14-11-8-6-7-9-12-15-18-20(22)23/h11,14,19,21H,2-10,12-13,15-18H2,1H3,(H,22,23)/b14-11-/t19-/m1/s1. The molecule has 0 aromatic carbocycles. The minimum absolute atomic E-state index is 0.173. The molecule has 0 bridgehead atoms. The van der Waals surface area contributed by atoms with Crippen LogP contribution in [-0.2, 0) is 4.79 Å². The van der Waals surface area contributed by atoms with Crippen LogP contribution in [0.4, 0.5) is 0 Å². The lowest BCUT2D eigenvalue weighted by atomic mass is 10.0. The van der Waals surface area contributed by atoms with Gasteiger partial charge in [-0.25, -0.2) is 0 Å². The van der Waals surface area contributed by atoms with E-state index >= 15 is 0 Å². The highest BCUT2D eigenvalue weighted by Gasteiger charge is 2.01. The molecule has 23 heavy (non-hydrogen) atoms. The first-order valence-electron chi connectivity index (χ1n) is 9.71. The van der Waals surface area contributed by atoms with Gasteiger partial charge in [0.15, 0.2) is 0 Å². The summed E-state index contributed by atoms with van der Waals surface area (Å²) in [5, 5.41) is 18.4. The van der Waals surface area contributed by atoms with Crippen LogP contribution in [0.2, 0.25) is 0 Å². The molecule has 0 aliphatic heterocycles. The summed E-state index contributed by atoms with van der Waals surface area (Å²) < 4.78 is 0. The largest absolute Gasteiger partial charge is 0.481 e. The Morgan fingerprint density at radius 3 is 2.17 bits per heavy atom. The molecule has 0 aliphatic carbocycles. The third-order valence-electron chi connectivity index (χ3n) is 4.23. The SMILES string of the molecule is CCCCCCCC[C@@H](O)C/C=C\CCCCCCCC(=O)O. The Morgan fingerprint density at radius 1 is 0.870 bits per heavy atom. The van der Waals surface area contributed by atoms with Gasteiger partial charge in [-0.15, -0.1) is 0 Å². The molecule has 2 N–H and O–H groups in total. The summed E-state index contributed by atoms with van der Waals surface area (Å²) in [5.41, 5.74) is 0. The Kier molecular flexibility index (Phi) is 16.9. The maximum Gasteiger partial charge on any atom is 0.303 e. The molecule has 0 radical (unpaired) electrons. The smallest absolute Gasteiger partial charge is 0.303 e. The van der Waals surface area contributed by atoms with Crippen molar-refractivity contribution in [1.29, 1.82) is 0 Å². The molecule has 136 valence electrons. The predicted molar refractivity (Wildman–Crippen MR) is 97.7 cm³/mol. The van der Waals surface area contributed by atoms with Crippen LogP contribution in [0.25, 0.3) is 0 Å². The van der Waals surface area contributed by atoms with Gasteiger partial charge < -0.3 is 10.2 Å². The van der Waals surface area contributed by atoms with Crippen molar-refractivity contribution in [3.63, 3.8) is 0 Å². The van der Waals surface area contributed by atoms with E-state index in [1.807, 2.05) is 0 Å². The van der Waals surface area contributed by atoms with E-state index in [2.05, 4.69) is 19.1 Å². The lowest BCUT2D eigenvalue weighted by Gasteiger charge is -2.07. The fourth-order valence-electron chi connectivity index (χ4n) is 2.72. The van der Waals surface area contributed by atoms with Crippen LogP contribution in [0.15, 0.2) is 12.2 Å². The van der Waals surface area contributed by atoms with Crippen LogP contribution in [0.3, 0.4) is 0 Å². The quantitative estimate of drug-likeness (QED) is 0.260. The van der Waals surface area contributed by atoms with Crippen LogP contribution < -0.4 is 0 Å². The molecule has 3 heteroatoms. The number of hydrogen-bond acceptors (Lipinski definition) is 2. The molecule has 0 amide bonds. The van der Waals surface area contributed by atoms with Crippen molar-refractivity contribution in [3.05, 3.63) is 12.2 Å². The first-order valence-corrected chi connectivity index (χ1v) is 9.71. The van der Waals surface area contributed by atoms with Gasteiger partial charge in [0, 0.05) is 6.42 Å². The third-order valence-corrected chi connectivity index (χ3v) is 4.23. The zero-order valence-electron chi connectivity index (χ0n) is 15.1. The van der Waals surface area contributed by atoms with Crippen molar-refractivity contribution in [2.75, 3.05) is 0 Å². The highest BCUT2D eigenvalue weighted by Crippen LogP contribution is 2.11. The maximum absolute atomic E-state index is 10.4. The van der Waals surface area contributed by atoms with Gasteiger partial charge in [0.2, 0.25) is 0 Å². The molecule has 0 heterocycles. The van der Waals surface area contributed by atoms with Gasteiger partial charge >= 0.3 is 5.97 Å². The maximum atomic E-state index is 10.4. The zero-order valence-corrected chi connectivity index (χ0v) is 15.1. The molecule has 0 rings (SSSR count). The van der Waals surface area contributed by atoms with Crippen molar-refractivity contribution in [2.24, 2.45) is 0 Å². The van der Waals surface area contributed by atoms with Crippen molar-refractivity contribution < 1.29 is 15.0 Å². The fourth-order valence-corrected chi connectivity index (χ4v) is 2.72. The second-order valence-corrected chi connectivity index (χ2v) is 6.62. The van der Waals surface area contributed by atoms with Gasteiger partial charge in [-0.2, -0.15) is 0 Å². The fraction of sp³-hybridized carbons (Fsp3) is 0.850. The van der Waals surface area contributed by atoms with Crippen molar-refractivity contribution in [2.45, 2.75) is 109 Å². The summed E-state index contributed by atoms with van der Waals surface area (Å²) in [4.78, 5) is 10.4. The summed E-state index contributed by atoms with van der Waals surface area (Å²) in [6.45, 7) is 2.23. The molecule has 0 aliphatic rings. The predicted octanol–water partition coefficient (Wildman–Crippen LogP) is 5.86. The lowest BCUT2D eigenvalue weighted by molar-refractivity contribution is -0.137. The molecule has 0 spiro atoms. The van der Waals surface area contributed by atoms with Crippen LogP contribution in [0.1, 0.15) is 103 Å². The number of carboxylic acid groups (broad SMARTS) is 1. The van der Waals surface area contributed by atoms with Crippen molar-refractivity contribution in [3.8, 4) is 0 Å². The monoisotopic (exact) mass is 326 g/mol. The van der Waals surface area contributed by atoms with Gasteiger partial charge in [0.05, 0.1) is 6.10 Å². The molecular formula is C20H38O3. The molecule has 0 unspecified atom stereocenters. The second kappa shape index (κ2) is 17.5. The van der Waals surface area contributed by atoms with E-state index in [9.17, 15) is 9.90 Å². The van der Waals surface area contributed by atoms with E-state index in [-0.39, 0.29) is 6.10 Å². The minimum Gasteiger partial charge on any atom is -0.481 e. The molecule has 3 nitrogen and oxygen atoms in total. The van der Waals surface area contributed by atoms with E-state index < -0.39 is 5.97 Å². The van der Waals surface area contributed by atoms with Crippen molar-refractivity contribution in [1.82, 2.24) is 0 Å². The number of unbranched alkanes of at least 4 members (excludes halogenated alkanes) is 10. The number of hydrogen-bond donors (Lipinski definition) is 2. The molecule has 0 fully saturated rings. The minimum atomic E-state index is -0.688. The van der Waals surface area contributed by atoms with Gasteiger partial charge in [-0.05, 0) is 32.1 Å². The molecule has 0 saturated heterocycles. The Hall–Kier alpha value is -0.830. The molecule has 0 aromatic rings. The first-order chi connectivity index (χ1) is 11.2. The van der Waals surface area contributed by atoms with E-state index in [4.69, 9.17) is 5.11 Å². The summed E-state index contributed by atoms with van der Waals surface area (Å²) in [7, 11) is 0. The van der Waals surface area contributed by atoms with Gasteiger partial charge in [-0.3, -0.25) is 4.79 Å². The molecule has 0 saturated carbocycles. The number of rotatable bonds is 17. The van der Waals surface area contributed by atoms with E-state index in [0.29, 0.717) is 6.42 Å². The number of aliphatic hydroxyl groups is 1. The highest BCUT2D eigenvalue weighted by molar-refractivity contribution is 5.66. The van der Waals surface area contributed by atoms with Crippen LogP contribution >= 0.6 is 0 Å². The summed E-state index contributed by atoms with van der Waals surface area (Å²) in [6, 6.07) is 0. The number of aliphatic hydroxyl groups excluding tert-OH is 1. The third kappa shape index (κ3) is 19.1.